The van der Waals surface area contributed by atoms with Gasteiger partial charge in [-0.25, -0.2) is 0 Å². The van der Waals surface area contributed by atoms with Gasteiger partial charge >= 0.3 is 0 Å². The Hall–Kier alpha value is -1.55. The van der Waals surface area contributed by atoms with E-state index in [1.165, 1.54) is 0 Å². The summed E-state index contributed by atoms with van der Waals surface area (Å²) in [5.41, 5.74) is 6.30. The number of nitrogens with zero attached hydrogens (tertiary/aromatic N) is 1. The highest BCUT2D eigenvalue weighted by Crippen LogP contribution is 2.12. The minimum atomic E-state index is 0.00329. The third-order valence-electron chi connectivity index (χ3n) is 2.66. The van der Waals surface area contributed by atoms with Gasteiger partial charge in [0, 0.05) is 19.6 Å². The molecule has 0 bridgehead atoms. The van der Waals surface area contributed by atoms with E-state index in [2.05, 4.69) is 0 Å². The fourth-order valence-corrected chi connectivity index (χ4v) is 1.37. The molecule has 1 unspecified atom stereocenters. The highest BCUT2D eigenvalue weighted by molar-refractivity contribution is 5.78. The van der Waals surface area contributed by atoms with Gasteiger partial charge in [0.1, 0.15) is 5.75 Å². The molecule has 3 N–H and O–H groups in total. The molecule has 88 valence electrons. The van der Waals surface area contributed by atoms with Gasteiger partial charge in [0.05, 0.1) is 6.42 Å². The molecule has 0 radical (unpaired) electrons. The molecule has 0 spiro atoms. The molecule has 1 amide bonds. The van der Waals surface area contributed by atoms with Crippen molar-refractivity contribution in [1.29, 1.82) is 0 Å². The maximum Gasteiger partial charge on any atom is 0.227 e. The summed E-state index contributed by atoms with van der Waals surface area (Å²) < 4.78 is 0. The lowest BCUT2D eigenvalue weighted by Gasteiger charge is -2.23. The molecule has 1 rings (SSSR count). The molecular weight excluding hydrogens is 204 g/mol. The zero-order valence-corrected chi connectivity index (χ0v) is 9.68. The molecule has 4 heteroatoms. The largest absolute Gasteiger partial charge is 0.508 e. The second kappa shape index (κ2) is 5.51. The summed E-state index contributed by atoms with van der Waals surface area (Å²) >= 11 is 0. The van der Waals surface area contributed by atoms with E-state index < -0.39 is 0 Å². The molecule has 0 fully saturated rings. The second-order valence-corrected chi connectivity index (χ2v) is 3.94. The summed E-state index contributed by atoms with van der Waals surface area (Å²) in [6, 6.07) is 6.76. The van der Waals surface area contributed by atoms with Crippen LogP contribution in [0.1, 0.15) is 12.5 Å². The van der Waals surface area contributed by atoms with Crippen molar-refractivity contribution < 1.29 is 9.90 Å². The van der Waals surface area contributed by atoms with Gasteiger partial charge in [0.25, 0.3) is 0 Å². The van der Waals surface area contributed by atoms with Crippen LogP contribution in [0, 0.1) is 0 Å². The zero-order valence-electron chi connectivity index (χ0n) is 9.68. The molecule has 0 aliphatic rings. The van der Waals surface area contributed by atoms with Crippen molar-refractivity contribution in [2.45, 2.75) is 19.4 Å². The fraction of sp³-hybridized carbons (Fsp3) is 0.417. The smallest absolute Gasteiger partial charge is 0.227 e. The average Bonchev–Trinajstić information content (AvgIpc) is 2.27. The van der Waals surface area contributed by atoms with E-state index in [0.29, 0.717) is 6.54 Å². The predicted octanol–water partition coefficient (Wildman–Crippen LogP) is 0.740. The molecule has 16 heavy (non-hydrogen) atoms. The molecule has 0 aliphatic heterocycles. The van der Waals surface area contributed by atoms with Crippen LogP contribution in [-0.4, -0.2) is 35.5 Å². The van der Waals surface area contributed by atoms with Gasteiger partial charge in [0.15, 0.2) is 0 Å². The van der Waals surface area contributed by atoms with Crippen LogP contribution in [0.15, 0.2) is 24.3 Å². The standard InChI is InChI=1S/C12H18N2O2/c1-9(8-13)14(2)12(16)7-10-4-3-5-11(15)6-10/h3-6,9,15H,7-8,13H2,1-2H3. The Morgan fingerprint density at radius 1 is 1.56 bits per heavy atom. The van der Waals surface area contributed by atoms with Crippen molar-refractivity contribution in [2.24, 2.45) is 5.73 Å². The van der Waals surface area contributed by atoms with Crippen molar-refractivity contribution in [3.63, 3.8) is 0 Å². The highest BCUT2D eigenvalue weighted by Gasteiger charge is 2.14. The SMILES string of the molecule is CC(CN)N(C)C(=O)Cc1cccc(O)c1. The molecule has 4 nitrogen and oxygen atoms in total. The molecular formula is C12H18N2O2. The Morgan fingerprint density at radius 2 is 2.25 bits per heavy atom. The number of aromatic hydroxyl groups is 1. The number of carbonyl (C=O) groups excluding carboxylic acids is 1. The number of hydrogen-bond donors (Lipinski definition) is 2. The van der Waals surface area contributed by atoms with Gasteiger partial charge in [-0.15, -0.1) is 0 Å². The van der Waals surface area contributed by atoms with Crippen LogP contribution in [0.2, 0.25) is 0 Å². The van der Waals surface area contributed by atoms with Crippen LogP contribution in [-0.2, 0) is 11.2 Å². The van der Waals surface area contributed by atoms with Crippen molar-refractivity contribution in [3.8, 4) is 5.75 Å². The number of rotatable bonds is 4. The lowest BCUT2D eigenvalue weighted by atomic mass is 10.1. The van der Waals surface area contributed by atoms with Crippen molar-refractivity contribution in [3.05, 3.63) is 29.8 Å². The Balaban J connectivity index is 2.64. The summed E-state index contributed by atoms with van der Waals surface area (Å²) in [7, 11) is 1.74. The molecule has 0 aromatic heterocycles. The first-order valence-electron chi connectivity index (χ1n) is 5.28. The van der Waals surface area contributed by atoms with E-state index in [1.807, 2.05) is 13.0 Å². The monoisotopic (exact) mass is 222 g/mol. The minimum Gasteiger partial charge on any atom is -0.508 e. The average molecular weight is 222 g/mol. The quantitative estimate of drug-likeness (QED) is 0.789. The van der Waals surface area contributed by atoms with Crippen molar-refractivity contribution >= 4 is 5.91 Å². The van der Waals surface area contributed by atoms with Gasteiger partial charge in [-0.3, -0.25) is 4.79 Å². The van der Waals surface area contributed by atoms with Gasteiger partial charge in [-0.2, -0.15) is 0 Å². The molecule has 1 atom stereocenters. The van der Waals surface area contributed by atoms with Crippen LogP contribution in [0.5, 0.6) is 5.75 Å². The lowest BCUT2D eigenvalue weighted by molar-refractivity contribution is -0.130. The first kappa shape index (κ1) is 12.5. The van der Waals surface area contributed by atoms with Crippen molar-refractivity contribution in [1.82, 2.24) is 4.90 Å². The van der Waals surface area contributed by atoms with E-state index in [-0.39, 0.29) is 24.1 Å². The van der Waals surface area contributed by atoms with Gasteiger partial charge in [-0.05, 0) is 24.6 Å². The third-order valence-corrected chi connectivity index (χ3v) is 2.66. The molecule has 1 aromatic rings. The van der Waals surface area contributed by atoms with Crippen LogP contribution < -0.4 is 5.73 Å². The topological polar surface area (TPSA) is 66.6 Å². The van der Waals surface area contributed by atoms with E-state index >= 15 is 0 Å². The molecule has 1 aromatic carbocycles. The van der Waals surface area contributed by atoms with Crippen LogP contribution in [0.25, 0.3) is 0 Å². The Labute approximate surface area is 95.7 Å². The fourth-order valence-electron chi connectivity index (χ4n) is 1.37. The Kier molecular flexibility index (Phi) is 4.31. The zero-order chi connectivity index (χ0) is 12.1. The summed E-state index contributed by atoms with van der Waals surface area (Å²) in [6.07, 6.45) is 0.287. The maximum atomic E-state index is 11.8. The number of phenols is 1. The molecule has 0 aliphatic carbocycles. The summed E-state index contributed by atoms with van der Waals surface area (Å²) in [5.74, 6) is 0.184. The Bertz CT molecular complexity index is 366. The van der Waals surface area contributed by atoms with Gasteiger partial charge in [0.2, 0.25) is 5.91 Å². The lowest BCUT2D eigenvalue weighted by Crippen LogP contribution is -2.40. The number of carbonyl (C=O) groups is 1. The summed E-state index contributed by atoms with van der Waals surface area (Å²) in [6.45, 7) is 2.35. The van der Waals surface area contributed by atoms with E-state index in [0.717, 1.165) is 5.56 Å². The van der Waals surface area contributed by atoms with E-state index in [1.54, 1.807) is 30.1 Å². The first-order chi connectivity index (χ1) is 7.54. The van der Waals surface area contributed by atoms with E-state index in [9.17, 15) is 9.90 Å². The summed E-state index contributed by atoms with van der Waals surface area (Å²) in [5, 5.41) is 9.28. The minimum absolute atomic E-state index is 0.00329. The van der Waals surface area contributed by atoms with Gasteiger partial charge in [-0.1, -0.05) is 12.1 Å². The number of nitrogens with two attached hydrogens (primary N) is 1. The normalized spacial score (nSPS) is 12.2. The predicted molar refractivity (Wildman–Crippen MR) is 63.1 cm³/mol. The maximum absolute atomic E-state index is 11.8. The molecule has 0 saturated heterocycles. The number of phenolic OH excluding ortho intramolecular Hbond substituents is 1. The van der Waals surface area contributed by atoms with Crippen LogP contribution >= 0.6 is 0 Å². The number of hydrogen-bond acceptors (Lipinski definition) is 3. The summed E-state index contributed by atoms with van der Waals surface area (Å²) in [4.78, 5) is 13.4. The third kappa shape index (κ3) is 3.24. The van der Waals surface area contributed by atoms with Crippen LogP contribution in [0.4, 0.5) is 0 Å². The van der Waals surface area contributed by atoms with E-state index in [4.69, 9.17) is 5.73 Å². The van der Waals surface area contributed by atoms with Gasteiger partial charge < -0.3 is 15.7 Å². The van der Waals surface area contributed by atoms with Crippen LogP contribution in [0.3, 0.4) is 0 Å². The molecule has 0 heterocycles. The number of amides is 1. The number of benzene rings is 1. The second-order valence-electron chi connectivity index (χ2n) is 3.94. The first-order valence-corrected chi connectivity index (χ1v) is 5.28. The highest BCUT2D eigenvalue weighted by atomic mass is 16.3. The Morgan fingerprint density at radius 3 is 2.81 bits per heavy atom. The molecule has 0 saturated carbocycles. The number of likely N-dealkylation sites (N-methyl/N-ethyl adjacent to an activating group) is 1. The van der Waals surface area contributed by atoms with Crippen molar-refractivity contribution in [2.75, 3.05) is 13.6 Å².